The lowest BCUT2D eigenvalue weighted by Crippen LogP contribution is -2.58. The zero-order valence-electron chi connectivity index (χ0n) is 19.6. The Morgan fingerprint density at radius 2 is 1.66 bits per heavy atom. The molecule has 0 aromatic carbocycles. The highest BCUT2D eigenvalue weighted by atomic mass is 16.3. The average molecular weight is 456 g/mol. The molecule has 4 amide bonds. The van der Waals surface area contributed by atoms with Crippen LogP contribution in [-0.2, 0) is 24.0 Å². The predicted molar refractivity (Wildman–Crippen MR) is 117 cm³/mol. The molecule has 0 aromatic rings. The van der Waals surface area contributed by atoms with Crippen LogP contribution in [0.2, 0.25) is 0 Å². The van der Waals surface area contributed by atoms with E-state index in [4.69, 9.17) is 0 Å². The Morgan fingerprint density at radius 3 is 2.22 bits per heavy atom. The number of nitrogens with zero attached hydrogens (tertiary/aromatic N) is 1. The molecule has 1 aliphatic rings. The second kappa shape index (κ2) is 13.1. The molecule has 0 spiro atoms. The van der Waals surface area contributed by atoms with Gasteiger partial charge in [-0.3, -0.25) is 24.0 Å². The lowest BCUT2D eigenvalue weighted by Gasteiger charge is -2.29. The van der Waals surface area contributed by atoms with Gasteiger partial charge in [0, 0.05) is 25.6 Å². The molecule has 1 fully saturated rings. The van der Waals surface area contributed by atoms with Crippen LogP contribution in [0.3, 0.4) is 0 Å². The van der Waals surface area contributed by atoms with E-state index in [1.54, 1.807) is 6.92 Å². The fraction of sp³-hybridized carbons (Fsp3) is 0.762. The van der Waals surface area contributed by atoms with Crippen LogP contribution in [0.15, 0.2) is 0 Å². The molecule has 0 aliphatic carbocycles. The molecule has 5 N–H and O–H groups in total. The number of Topliss-reactive ketones (excluding diaryl/α,β-unsaturated/α-hetero) is 1. The Balaban J connectivity index is 2.66. The number of likely N-dealkylation sites (tertiary alicyclic amines) is 1. The van der Waals surface area contributed by atoms with E-state index in [9.17, 15) is 29.1 Å². The van der Waals surface area contributed by atoms with Gasteiger partial charge in [0.2, 0.25) is 23.6 Å². The van der Waals surface area contributed by atoms with Crippen molar-refractivity contribution < 1.29 is 29.1 Å². The second-order valence-electron chi connectivity index (χ2n) is 8.42. The van der Waals surface area contributed by atoms with Gasteiger partial charge in [-0.15, -0.1) is 0 Å². The lowest BCUT2D eigenvalue weighted by molar-refractivity contribution is -0.143. The fourth-order valence-electron chi connectivity index (χ4n) is 3.25. The van der Waals surface area contributed by atoms with Gasteiger partial charge in [0.25, 0.3) is 0 Å². The van der Waals surface area contributed by atoms with Gasteiger partial charge in [-0.05, 0) is 33.6 Å². The maximum absolute atomic E-state index is 12.9. The summed E-state index contributed by atoms with van der Waals surface area (Å²) in [7, 11) is 0. The maximum Gasteiger partial charge on any atom is 0.248 e. The molecular weight excluding hydrogens is 418 g/mol. The number of hydrogen-bond donors (Lipinski definition) is 5. The number of hydrogen-bond acceptors (Lipinski definition) is 7. The Morgan fingerprint density at radius 1 is 1.00 bits per heavy atom. The van der Waals surface area contributed by atoms with Crippen LogP contribution in [0.1, 0.15) is 53.9 Å². The number of nitrogens with one attached hydrogen (secondary N) is 4. The molecule has 11 heteroatoms. The third kappa shape index (κ3) is 8.54. The van der Waals surface area contributed by atoms with Crippen LogP contribution in [0.4, 0.5) is 0 Å². The largest absolute Gasteiger partial charge is 0.394 e. The highest BCUT2D eigenvalue weighted by Gasteiger charge is 2.38. The molecule has 1 rings (SSSR count). The van der Waals surface area contributed by atoms with Gasteiger partial charge in [0.1, 0.15) is 18.1 Å². The Hall–Kier alpha value is -2.53. The molecule has 4 unspecified atom stereocenters. The van der Waals surface area contributed by atoms with Crippen LogP contribution >= 0.6 is 0 Å². The lowest BCUT2D eigenvalue weighted by atomic mass is 10.1. The zero-order chi connectivity index (χ0) is 24.4. The van der Waals surface area contributed by atoms with Gasteiger partial charge in [0.15, 0.2) is 5.78 Å². The highest BCUT2D eigenvalue weighted by Crippen LogP contribution is 2.19. The van der Waals surface area contributed by atoms with Crippen LogP contribution in [0, 0.1) is 0 Å². The second-order valence-corrected chi connectivity index (χ2v) is 8.42. The zero-order valence-corrected chi connectivity index (χ0v) is 19.6. The Bertz CT molecular complexity index is 698. The van der Waals surface area contributed by atoms with E-state index in [1.807, 2.05) is 13.8 Å². The summed E-state index contributed by atoms with van der Waals surface area (Å²) >= 11 is 0. The van der Waals surface area contributed by atoms with Gasteiger partial charge in [-0.1, -0.05) is 13.8 Å². The number of carbonyl (C=O) groups excluding carboxylic acids is 5. The number of aliphatic hydroxyl groups is 1. The maximum atomic E-state index is 12.9. The summed E-state index contributed by atoms with van der Waals surface area (Å²) in [5, 5.41) is 20.4. The molecule has 1 aliphatic heterocycles. The fourth-order valence-corrected chi connectivity index (χ4v) is 3.25. The first-order valence-electron chi connectivity index (χ1n) is 11.0. The quantitative estimate of drug-likeness (QED) is 0.238. The minimum absolute atomic E-state index is 0.196. The van der Waals surface area contributed by atoms with E-state index < -0.39 is 48.5 Å². The third-order valence-corrected chi connectivity index (χ3v) is 5.28. The molecular formula is C21H37N5O6. The topological polar surface area (TPSA) is 157 Å². The third-order valence-electron chi connectivity index (χ3n) is 5.28. The molecule has 4 atom stereocenters. The average Bonchev–Trinajstić information content (AvgIpc) is 3.20. The summed E-state index contributed by atoms with van der Waals surface area (Å²) in [6, 6.07) is -3.36. The molecule has 1 heterocycles. The normalized spacial score (nSPS) is 18.6. The van der Waals surface area contributed by atoms with Crippen molar-refractivity contribution in [2.75, 3.05) is 19.7 Å². The molecule has 0 radical (unpaired) electrons. The highest BCUT2D eigenvalue weighted by molar-refractivity contribution is 5.95. The van der Waals surface area contributed by atoms with E-state index in [2.05, 4.69) is 21.3 Å². The van der Waals surface area contributed by atoms with Crippen molar-refractivity contribution in [2.45, 2.75) is 84.1 Å². The summed E-state index contributed by atoms with van der Waals surface area (Å²) < 4.78 is 0. The predicted octanol–water partition coefficient (Wildman–Crippen LogP) is -1.56. The number of ketones is 1. The van der Waals surface area contributed by atoms with Crippen molar-refractivity contribution in [1.82, 2.24) is 26.2 Å². The number of rotatable bonds is 12. The van der Waals surface area contributed by atoms with Crippen molar-refractivity contribution >= 4 is 29.4 Å². The molecule has 182 valence electrons. The van der Waals surface area contributed by atoms with E-state index in [0.717, 1.165) is 0 Å². The van der Waals surface area contributed by atoms with E-state index in [0.29, 0.717) is 25.9 Å². The number of carbonyl (C=O) groups is 5. The van der Waals surface area contributed by atoms with Crippen molar-refractivity contribution in [3.8, 4) is 0 Å². The van der Waals surface area contributed by atoms with Gasteiger partial charge in [-0.2, -0.15) is 0 Å². The van der Waals surface area contributed by atoms with Crippen molar-refractivity contribution in [3.63, 3.8) is 0 Å². The minimum atomic E-state index is -1.25. The van der Waals surface area contributed by atoms with Crippen LogP contribution in [0.5, 0.6) is 0 Å². The van der Waals surface area contributed by atoms with E-state index in [-0.39, 0.29) is 24.2 Å². The summed E-state index contributed by atoms with van der Waals surface area (Å²) in [5.41, 5.74) is 0. The van der Waals surface area contributed by atoms with Crippen molar-refractivity contribution in [1.29, 1.82) is 0 Å². The smallest absolute Gasteiger partial charge is 0.248 e. The van der Waals surface area contributed by atoms with Crippen LogP contribution in [0.25, 0.3) is 0 Å². The summed E-state index contributed by atoms with van der Waals surface area (Å²) in [5.74, 6) is -2.17. The summed E-state index contributed by atoms with van der Waals surface area (Å²) in [6.07, 6.45) is 1.20. The van der Waals surface area contributed by atoms with Gasteiger partial charge >= 0.3 is 0 Å². The molecule has 11 nitrogen and oxygen atoms in total. The van der Waals surface area contributed by atoms with Gasteiger partial charge < -0.3 is 31.3 Å². The molecule has 0 aromatic heterocycles. The minimum Gasteiger partial charge on any atom is -0.394 e. The molecule has 0 saturated carbocycles. The van der Waals surface area contributed by atoms with Crippen molar-refractivity contribution in [3.05, 3.63) is 0 Å². The first-order chi connectivity index (χ1) is 15.0. The Labute approximate surface area is 189 Å². The van der Waals surface area contributed by atoms with Crippen LogP contribution in [-0.4, -0.2) is 89.3 Å². The standard InChI is InChI=1S/C21H37N5O6/c1-12(2)22-9-8-18(29)23-14(4)19(30)25-16(11-27)21(32)26-10-6-7-17(26)20(31)24-13(3)15(5)28/h12-14,16-17,22,27H,6-11H2,1-5H3,(H,23,29)(H,24,31)(H,25,30). The first-order valence-corrected chi connectivity index (χ1v) is 11.0. The van der Waals surface area contributed by atoms with Gasteiger partial charge in [-0.25, -0.2) is 0 Å². The summed E-state index contributed by atoms with van der Waals surface area (Å²) in [4.78, 5) is 62.5. The van der Waals surface area contributed by atoms with E-state index >= 15 is 0 Å². The number of aliphatic hydroxyl groups excluding tert-OH is 1. The van der Waals surface area contributed by atoms with Gasteiger partial charge in [0.05, 0.1) is 12.6 Å². The van der Waals surface area contributed by atoms with E-state index in [1.165, 1.54) is 18.7 Å². The first kappa shape index (κ1) is 27.5. The molecule has 32 heavy (non-hydrogen) atoms. The molecule has 1 saturated heterocycles. The van der Waals surface area contributed by atoms with Crippen molar-refractivity contribution in [2.24, 2.45) is 0 Å². The summed E-state index contributed by atoms with van der Waals surface area (Å²) in [6.45, 7) is 8.43. The SMILES string of the molecule is CC(=O)C(C)NC(=O)C1CCCN1C(=O)C(CO)NC(=O)C(C)NC(=O)CCNC(C)C. The molecule has 0 bridgehead atoms. The van der Waals surface area contributed by atoms with Crippen LogP contribution < -0.4 is 21.3 Å². The number of amides is 4. The Kier molecular flexibility index (Phi) is 11.3. The monoisotopic (exact) mass is 455 g/mol.